The molecule has 2 aromatic rings. The largest absolute Gasteiger partial charge is 0.481 e. The lowest BCUT2D eigenvalue weighted by Gasteiger charge is -2.23. The molecule has 9 nitrogen and oxygen atoms in total. The van der Waals surface area contributed by atoms with E-state index in [-0.39, 0.29) is 13.2 Å². The van der Waals surface area contributed by atoms with Crippen LogP contribution in [0.4, 0.5) is 18.0 Å². The molecule has 0 aromatic heterocycles. The topological polar surface area (TPSA) is 134 Å². The van der Waals surface area contributed by atoms with E-state index >= 15 is 0 Å². The van der Waals surface area contributed by atoms with E-state index in [9.17, 15) is 32.3 Å². The minimum Gasteiger partial charge on any atom is -0.481 e. The molecule has 0 bridgehead atoms. The smallest absolute Gasteiger partial charge is 0.417 e. The van der Waals surface area contributed by atoms with Crippen LogP contribution in [0.3, 0.4) is 0 Å². The van der Waals surface area contributed by atoms with Crippen molar-refractivity contribution in [1.82, 2.24) is 16.0 Å². The summed E-state index contributed by atoms with van der Waals surface area (Å²) in [7, 11) is 0. The third kappa shape index (κ3) is 4.77. The molecular formula is C23H20F3N3O6. The molecular weight excluding hydrogens is 471 g/mol. The van der Waals surface area contributed by atoms with E-state index in [1.54, 1.807) is 17.4 Å². The first-order chi connectivity index (χ1) is 16.6. The number of aliphatic carboxylic acids is 1. The lowest BCUT2D eigenvalue weighted by molar-refractivity contribution is -0.168. The average molecular weight is 491 g/mol. The van der Waals surface area contributed by atoms with Crippen molar-refractivity contribution in [2.75, 3.05) is 13.2 Å². The predicted molar refractivity (Wildman–Crippen MR) is 114 cm³/mol. The second-order valence-corrected chi connectivity index (χ2v) is 8.12. The molecule has 0 radical (unpaired) electrons. The van der Waals surface area contributed by atoms with Gasteiger partial charge in [0, 0.05) is 12.5 Å². The van der Waals surface area contributed by atoms with Crippen molar-refractivity contribution < 1.29 is 42.2 Å². The van der Waals surface area contributed by atoms with Crippen LogP contribution in [0.2, 0.25) is 0 Å². The predicted octanol–water partition coefficient (Wildman–Crippen LogP) is 1.77. The molecule has 12 heteroatoms. The van der Waals surface area contributed by atoms with E-state index in [4.69, 9.17) is 9.84 Å². The molecule has 1 heterocycles. The highest BCUT2D eigenvalue weighted by Gasteiger charge is 2.49. The molecule has 3 unspecified atom stereocenters. The zero-order chi connectivity index (χ0) is 25.3. The van der Waals surface area contributed by atoms with Gasteiger partial charge >= 0.3 is 18.2 Å². The third-order valence-electron chi connectivity index (χ3n) is 5.99. The molecule has 1 saturated heterocycles. The van der Waals surface area contributed by atoms with Gasteiger partial charge in [-0.3, -0.25) is 14.4 Å². The number of hydrogen-bond donors (Lipinski definition) is 4. The van der Waals surface area contributed by atoms with Gasteiger partial charge in [0.1, 0.15) is 18.6 Å². The summed E-state index contributed by atoms with van der Waals surface area (Å²) in [5.74, 6) is -6.05. The van der Waals surface area contributed by atoms with Gasteiger partial charge in [-0.05, 0) is 22.3 Å². The number of hydrogen-bond acceptors (Lipinski definition) is 5. The number of benzene rings is 2. The lowest BCUT2D eigenvalue weighted by atomic mass is 9.98. The number of carbonyl (C=O) groups excluding carboxylic acids is 3. The number of fused-ring (bicyclic) bond motifs is 3. The van der Waals surface area contributed by atoms with Crippen LogP contribution in [-0.2, 0) is 19.1 Å². The molecule has 1 fully saturated rings. The number of rotatable bonds is 6. The summed E-state index contributed by atoms with van der Waals surface area (Å²) >= 11 is 0. The van der Waals surface area contributed by atoms with E-state index in [2.05, 4.69) is 5.32 Å². The minimum atomic E-state index is -5.23. The second kappa shape index (κ2) is 9.28. The van der Waals surface area contributed by atoms with Crippen LogP contribution in [0.15, 0.2) is 48.5 Å². The van der Waals surface area contributed by atoms with E-state index in [1.807, 2.05) is 36.4 Å². The first kappa shape index (κ1) is 24.0. The fraction of sp³-hybridized carbons (Fsp3) is 0.304. The monoisotopic (exact) mass is 491 g/mol. The van der Waals surface area contributed by atoms with Crippen LogP contribution in [0.25, 0.3) is 11.1 Å². The van der Waals surface area contributed by atoms with E-state index in [0.29, 0.717) is 0 Å². The fourth-order valence-corrected chi connectivity index (χ4v) is 4.31. The summed E-state index contributed by atoms with van der Waals surface area (Å²) in [6, 6.07) is 9.96. The number of amides is 3. The first-order valence-electron chi connectivity index (χ1n) is 10.6. The maximum absolute atomic E-state index is 13.5. The Labute approximate surface area is 196 Å². The number of alkyl carbamates (subject to hydrolysis) is 1. The van der Waals surface area contributed by atoms with Crippen molar-refractivity contribution in [3.8, 4) is 11.1 Å². The summed E-state index contributed by atoms with van der Waals surface area (Å²) in [5, 5.41) is 14.5. The SMILES string of the molecule is O=C(NC(C(=O)NC1C(=O)NCC1C(=O)O)C(F)(F)F)OCC1c2ccccc2-c2ccccc21. The quantitative estimate of drug-likeness (QED) is 0.487. The number of alkyl halides is 3. The van der Waals surface area contributed by atoms with Gasteiger partial charge in [0.2, 0.25) is 11.9 Å². The van der Waals surface area contributed by atoms with E-state index in [1.165, 1.54) is 5.32 Å². The van der Waals surface area contributed by atoms with Gasteiger partial charge in [0.15, 0.2) is 0 Å². The molecule has 3 atom stereocenters. The number of nitrogens with one attached hydrogen (secondary N) is 3. The molecule has 35 heavy (non-hydrogen) atoms. The Kier molecular flexibility index (Phi) is 6.37. The highest BCUT2D eigenvalue weighted by atomic mass is 19.4. The summed E-state index contributed by atoms with van der Waals surface area (Å²) in [6.07, 6.45) is -6.72. The van der Waals surface area contributed by atoms with Crippen molar-refractivity contribution in [2.24, 2.45) is 5.92 Å². The van der Waals surface area contributed by atoms with Crippen molar-refractivity contribution in [2.45, 2.75) is 24.2 Å². The van der Waals surface area contributed by atoms with E-state index in [0.717, 1.165) is 22.3 Å². The second-order valence-electron chi connectivity index (χ2n) is 8.12. The van der Waals surface area contributed by atoms with Crippen LogP contribution in [0.5, 0.6) is 0 Å². The number of carbonyl (C=O) groups is 4. The number of ether oxygens (including phenoxy) is 1. The van der Waals surface area contributed by atoms with Crippen LogP contribution in [0, 0.1) is 5.92 Å². The van der Waals surface area contributed by atoms with Crippen LogP contribution < -0.4 is 16.0 Å². The zero-order valence-electron chi connectivity index (χ0n) is 18.0. The summed E-state index contributed by atoms with van der Waals surface area (Å²) in [4.78, 5) is 47.6. The first-order valence-corrected chi connectivity index (χ1v) is 10.6. The molecule has 4 rings (SSSR count). The normalized spacial score (nSPS) is 19.8. The Hall–Kier alpha value is -4.09. The zero-order valence-corrected chi connectivity index (χ0v) is 18.0. The number of carboxylic acids is 1. The van der Waals surface area contributed by atoms with Crippen molar-refractivity contribution in [3.63, 3.8) is 0 Å². The standard InChI is InChI=1S/C23H20F3N3O6/c24-23(25,26)18(20(31)28-17-15(21(32)33)9-27-19(17)30)29-22(34)35-10-16-13-7-3-1-5-11(13)12-6-2-4-8-14(12)16/h1-8,15-18H,9-10H2,(H,27,30)(H,28,31)(H,29,34)(H,32,33). The summed E-state index contributed by atoms with van der Waals surface area (Å²) < 4.78 is 45.7. The van der Waals surface area contributed by atoms with Crippen molar-refractivity contribution in [1.29, 1.82) is 0 Å². The van der Waals surface area contributed by atoms with Gasteiger partial charge in [-0.2, -0.15) is 13.2 Å². The molecule has 0 saturated carbocycles. The van der Waals surface area contributed by atoms with Crippen LogP contribution in [0.1, 0.15) is 17.0 Å². The Balaban J connectivity index is 1.44. The maximum Gasteiger partial charge on any atom is 0.417 e. The molecule has 2 aliphatic rings. The molecule has 184 valence electrons. The lowest BCUT2D eigenvalue weighted by Crippen LogP contribution is -2.58. The minimum absolute atomic E-state index is 0.280. The van der Waals surface area contributed by atoms with Gasteiger partial charge < -0.3 is 25.8 Å². The molecule has 1 aliphatic carbocycles. The Morgan fingerprint density at radius 2 is 1.63 bits per heavy atom. The van der Waals surface area contributed by atoms with Gasteiger partial charge in [0.05, 0.1) is 0 Å². The Morgan fingerprint density at radius 1 is 1.06 bits per heavy atom. The third-order valence-corrected chi connectivity index (χ3v) is 5.99. The summed E-state index contributed by atoms with van der Waals surface area (Å²) in [6.45, 7) is -0.631. The number of halogens is 3. The molecule has 4 N–H and O–H groups in total. The average Bonchev–Trinajstić information content (AvgIpc) is 3.33. The van der Waals surface area contributed by atoms with Crippen LogP contribution >= 0.6 is 0 Å². The highest BCUT2D eigenvalue weighted by molar-refractivity contribution is 5.96. The Morgan fingerprint density at radius 3 is 2.17 bits per heavy atom. The van der Waals surface area contributed by atoms with Crippen molar-refractivity contribution >= 4 is 23.9 Å². The van der Waals surface area contributed by atoms with Crippen molar-refractivity contribution in [3.05, 3.63) is 59.7 Å². The van der Waals surface area contributed by atoms with Gasteiger partial charge in [-0.1, -0.05) is 48.5 Å². The molecule has 0 spiro atoms. The maximum atomic E-state index is 13.5. The molecule has 3 amide bonds. The molecule has 1 aliphatic heterocycles. The van der Waals surface area contributed by atoms with E-state index < -0.39 is 54.0 Å². The number of carboxylic acid groups (broad SMARTS) is 1. The van der Waals surface area contributed by atoms with Gasteiger partial charge in [0.25, 0.3) is 5.91 Å². The highest BCUT2D eigenvalue weighted by Crippen LogP contribution is 2.44. The van der Waals surface area contributed by atoms with Crippen LogP contribution in [-0.4, -0.2) is 60.4 Å². The fourth-order valence-electron chi connectivity index (χ4n) is 4.31. The Bertz CT molecular complexity index is 1140. The summed E-state index contributed by atoms with van der Waals surface area (Å²) in [5.41, 5.74) is 3.54. The van der Waals surface area contributed by atoms with Gasteiger partial charge in [-0.15, -0.1) is 0 Å². The van der Waals surface area contributed by atoms with Gasteiger partial charge in [-0.25, -0.2) is 4.79 Å². The molecule has 2 aromatic carbocycles.